The van der Waals surface area contributed by atoms with E-state index in [0.29, 0.717) is 11.1 Å². The maximum Gasteiger partial charge on any atom is 0.417 e. The van der Waals surface area contributed by atoms with E-state index in [1.54, 1.807) is 6.26 Å². The van der Waals surface area contributed by atoms with Crippen molar-refractivity contribution in [3.05, 3.63) is 82.5 Å². The Morgan fingerprint density at radius 2 is 1.77 bits per heavy atom. The van der Waals surface area contributed by atoms with Crippen molar-refractivity contribution in [2.75, 3.05) is 33.2 Å². The molecular weight excluding hydrogens is 385 g/mol. The molecule has 6 nitrogen and oxygen atoms in total. The quantitative estimate of drug-likeness (QED) is 0.557. The Bertz CT molecular complexity index is 1220. The predicted molar refractivity (Wildman–Crippen MR) is 112 cm³/mol. The lowest BCUT2D eigenvalue weighted by Crippen LogP contribution is -2.46. The number of fused-ring (bicyclic) bond motifs is 1. The summed E-state index contributed by atoms with van der Waals surface area (Å²) in [6.45, 7) is 3.73. The number of likely N-dealkylation sites (N-methyl/N-ethyl adjacent to an activating group) is 1. The van der Waals surface area contributed by atoms with E-state index in [0.717, 1.165) is 48.6 Å². The number of nitrogens with one attached hydrogen (secondary N) is 1. The molecule has 1 unspecified atom stereocenters. The minimum Gasteiger partial charge on any atom is -0.467 e. The van der Waals surface area contributed by atoms with Crippen molar-refractivity contribution in [1.82, 2.24) is 14.8 Å². The molecule has 2 aromatic carbocycles. The Hall–Kier alpha value is -3.16. The van der Waals surface area contributed by atoms with Gasteiger partial charge in [-0.2, -0.15) is 0 Å². The van der Waals surface area contributed by atoms with Gasteiger partial charge in [-0.3, -0.25) is 9.88 Å². The van der Waals surface area contributed by atoms with Crippen molar-refractivity contribution in [2.24, 2.45) is 0 Å². The van der Waals surface area contributed by atoms with Crippen LogP contribution >= 0.6 is 0 Å². The van der Waals surface area contributed by atoms with Gasteiger partial charge in [0.15, 0.2) is 5.58 Å². The molecule has 1 aliphatic heterocycles. The summed E-state index contributed by atoms with van der Waals surface area (Å²) >= 11 is 0. The van der Waals surface area contributed by atoms with Crippen LogP contribution in [0.25, 0.3) is 22.2 Å². The van der Waals surface area contributed by atoms with Gasteiger partial charge in [-0.1, -0.05) is 18.2 Å². The Balaban J connectivity index is 1.51. The summed E-state index contributed by atoms with van der Waals surface area (Å²) in [5.74, 6) is 0.0792. The number of hydrogen-bond acceptors (Lipinski definition) is 5. The summed E-state index contributed by atoms with van der Waals surface area (Å²) in [6.07, 6.45) is 1.72. The molecule has 0 spiro atoms. The van der Waals surface area contributed by atoms with E-state index in [1.165, 1.54) is 12.1 Å². The molecule has 0 aliphatic carbocycles. The zero-order chi connectivity index (χ0) is 20.7. The number of halogens is 1. The molecule has 0 bridgehead atoms. The first-order valence-corrected chi connectivity index (χ1v) is 9.96. The molecule has 2 aromatic heterocycles. The van der Waals surface area contributed by atoms with E-state index in [9.17, 15) is 9.18 Å². The number of oxazole rings is 1. The van der Waals surface area contributed by atoms with Crippen LogP contribution in [0.4, 0.5) is 4.39 Å². The molecule has 4 aromatic rings. The lowest BCUT2D eigenvalue weighted by molar-refractivity contribution is 0.117. The number of nitrogens with zero attached hydrogens (tertiary/aromatic N) is 2. The highest BCUT2D eigenvalue weighted by Gasteiger charge is 2.28. The van der Waals surface area contributed by atoms with Crippen LogP contribution in [0.15, 0.2) is 68.4 Å². The van der Waals surface area contributed by atoms with Gasteiger partial charge >= 0.3 is 5.76 Å². The van der Waals surface area contributed by atoms with Crippen molar-refractivity contribution in [2.45, 2.75) is 6.04 Å². The van der Waals surface area contributed by atoms with Crippen molar-refractivity contribution in [3.8, 4) is 11.1 Å². The second-order valence-electron chi connectivity index (χ2n) is 7.76. The van der Waals surface area contributed by atoms with Crippen LogP contribution in [0.5, 0.6) is 0 Å². The van der Waals surface area contributed by atoms with Crippen LogP contribution in [-0.2, 0) is 0 Å². The number of benzene rings is 2. The number of hydrogen-bond donors (Lipinski definition) is 1. The van der Waals surface area contributed by atoms with Crippen molar-refractivity contribution < 1.29 is 13.2 Å². The van der Waals surface area contributed by atoms with Gasteiger partial charge < -0.3 is 13.7 Å². The summed E-state index contributed by atoms with van der Waals surface area (Å²) in [5.41, 5.74) is 3.96. The molecule has 0 saturated carbocycles. The maximum absolute atomic E-state index is 13.5. The third kappa shape index (κ3) is 3.58. The minimum atomic E-state index is -0.471. The van der Waals surface area contributed by atoms with E-state index < -0.39 is 5.76 Å². The molecule has 0 amide bonds. The van der Waals surface area contributed by atoms with Gasteiger partial charge in [0, 0.05) is 31.7 Å². The number of furan rings is 1. The van der Waals surface area contributed by atoms with Crippen molar-refractivity contribution >= 4 is 11.1 Å². The van der Waals surface area contributed by atoms with Gasteiger partial charge in [0.05, 0.1) is 17.8 Å². The van der Waals surface area contributed by atoms with Gasteiger partial charge in [-0.25, -0.2) is 9.18 Å². The van der Waals surface area contributed by atoms with Crippen molar-refractivity contribution in [1.29, 1.82) is 0 Å². The van der Waals surface area contributed by atoms with E-state index in [2.05, 4.69) is 21.8 Å². The van der Waals surface area contributed by atoms with Gasteiger partial charge in [-0.05, 0) is 48.5 Å². The first kappa shape index (κ1) is 18.8. The molecule has 5 rings (SSSR count). The summed E-state index contributed by atoms with van der Waals surface area (Å²) < 4.78 is 24.7. The number of rotatable bonds is 4. The smallest absolute Gasteiger partial charge is 0.417 e. The predicted octanol–water partition coefficient (Wildman–Crippen LogP) is 3.86. The molecule has 1 N–H and O–H groups in total. The molecule has 7 heteroatoms. The summed E-state index contributed by atoms with van der Waals surface area (Å²) in [4.78, 5) is 18.7. The lowest BCUT2D eigenvalue weighted by Gasteiger charge is -2.37. The topological polar surface area (TPSA) is 65.6 Å². The Morgan fingerprint density at radius 1 is 1.00 bits per heavy atom. The monoisotopic (exact) mass is 407 g/mol. The average Bonchev–Trinajstić information content (AvgIpc) is 3.36. The number of H-pyrrole nitrogens is 1. The molecule has 30 heavy (non-hydrogen) atoms. The highest BCUT2D eigenvalue weighted by Crippen LogP contribution is 2.34. The van der Waals surface area contributed by atoms with Gasteiger partial charge in [0.1, 0.15) is 11.6 Å². The zero-order valence-corrected chi connectivity index (χ0v) is 16.6. The van der Waals surface area contributed by atoms with Crippen molar-refractivity contribution in [3.63, 3.8) is 0 Å². The van der Waals surface area contributed by atoms with E-state index in [-0.39, 0.29) is 11.9 Å². The van der Waals surface area contributed by atoms with Crippen LogP contribution in [0.2, 0.25) is 0 Å². The molecule has 154 valence electrons. The second kappa shape index (κ2) is 7.59. The fraction of sp³-hybridized carbons (Fsp3) is 0.261. The summed E-state index contributed by atoms with van der Waals surface area (Å²) in [5, 5.41) is 0. The molecule has 1 aliphatic rings. The molecule has 0 radical (unpaired) electrons. The van der Waals surface area contributed by atoms with Gasteiger partial charge in [-0.15, -0.1) is 0 Å². The van der Waals surface area contributed by atoms with Crippen LogP contribution < -0.4 is 5.76 Å². The highest BCUT2D eigenvalue weighted by atomic mass is 19.1. The fourth-order valence-corrected chi connectivity index (χ4v) is 4.05. The van der Waals surface area contributed by atoms with E-state index in [1.807, 2.05) is 36.4 Å². The Morgan fingerprint density at radius 3 is 2.53 bits per heavy atom. The fourth-order valence-electron chi connectivity index (χ4n) is 4.05. The first-order chi connectivity index (χ1) is 14.6. The number of aromatic amines is 1. The Kier molecular flexibility index (Phi) is 4.77. The normalized spacial score (nSPS) is 16.9. The average molecular weight is 407 g/mol. The largest absolute Gasteiger partial charge is 0.467 e. The van der Waals surface area contributed by atoms with Gasteiger partial charge in [0.25, 0.3) is 0 Å². The van der Waals surface area contributed by atoms with Crippen LogP contribution in [0.3, 0.4) is 0 Å². The van der Waals surface area contributed by atoms with E-state index in [4.69, 9.17) is 8.83 Å². The van der Waals surface area contributed by atoms with E-state index >= 15 is 0 Å². The third-order valence-electron chi connectivity index (χ3n) is 5.73. The first-order valence-electron chi connectivity index (χ1n) is 9.96. The maximum atomic E-state index is 13.5. The van der Waals surface area contributed by atoms with Gasteiger partial charge in [0.2, 0.25) is 0 Å². The lowest BCUT2D eigenvalue weighted by atomic mass is 10.00. The molecular formula is C23H22FN3O3. The third-order valence-corrected chi connectivity index (χ3v) is 5.73. The number of piperazine rings is 1. The minimum absolute atomic E-state index is 0.0954. The summed E-state index contributed by atoms with van der Waals surface area (Å²) in [6, 6.07) is 14.1. The molecule has 1 fully saturated rings. The second-order valence-corrected chi connectivity index (χ2v) is 7.76. The molecule has 3 heterocycles. The summed E-state index contributed by atoms with van der Waals surface area (Å²) in [7, 11) is 2.12. The van der Waals surface area contributed by atoms with Crippen LogP contribution in [-0.4, -0.2) is 48.0 Å². The molecule has 1 atom stereocenters. The zero-order valence-electron chi connectivity index (χ0n) is 16.6. The molecule has 1 saturated heterocycles. The van der Waals surface area contributed by atoms with Crippen LogP contribution in [0.1, 0.15) is 17.4 Å². The Labute approximate surface area is 172 Å². The standard InChI is InChI=1S/C23H22FN3O3/c1-26-8-10-27(11-9-26)22(15-2-5-18(24)6-3-15)21-13-17(14-29-21)16-4-7-19-20(12-16)30-23(28)25-19/h2-7,12-14,22H,8-11H2,1H3,(H,25,28). The highest BCUT2D eigenvalue weighted by molar-refractivity contribution is 5.79. The number of aromatic nitrogens is 1. The SMILES string of the molecule is CN1CCN(C(c2ccc(F)cc2)c2cc(-c3ccc4[nH]c(=O)oc4c3)co2)CC1. The van der Waals surface area contributed by atoms with Crippen LogP contribution in [0, 0.1) is 5.82 Å².